The van der Waals surface area contributed by atoms with Gasteiger partial charge in [0.2, 0.25) is 0 Å². The minimum absolute atomic E-state index is 0.0137. The van der Waals surface area contributed by atoms with E-state index in [1.165, 1.54) is 23.1 Å². The topological polar surface area (TPSA) is 39.3 Å². The van der Waals surface area contributed by atoms with Gasteiger partial charge in [0, 0.05) is 42.5 Å². The molecule has 0 atom stereocenters. The minimum atomic E-state index is -4.48. The van der Waals surface area contributed by atoms with E-state index in [4.69, 9.17) is 0 Å². The minimum Gasteiger partial charge on any atom is -0.361 e. The van der Waals surface area contributed by atoms with Crippen LogP contribution in [0.4, 0.5) is 17.6 Å². The van der Waals surface area contributed by atoms with Gasteiger partial charge in [-0.1, -0.05) is 12.1 Å². The van der Waals surface area contributed by atoms with Gasteiger partial charge in [-0.3, -0.25) is 4.79 Å². The summed E-state index contributed by atoms with van der Waals surface area (Å²) in [6.07, 6.45) is -0.441. The highest BCUT2D eigenvalue weighted by molar-refractivity contribution is 5.94. The van der Waals surface area contributed by atoms with Gasteiger partial charge in [0.1, 0.15) is 5.82 Å². The van der Waals surface area contributed by atoms with Crippen molar-refractivity contribution in [3.05, 3.63) is 95.4 Å². The maximum absolute atomic E-state index is 15.0. The molecule has 1 aromatic heterocycles. The molecule has 0 unspecified atom stereocenters. The number of hydrogen-bond acceptors (Lipinski definition) is 2. The Kier molecular flexibility index (Phi) is 7.02. The molecule has 0 radical (unpaired) electrons. The zero-order chi connectivity index (χ0) is 26.0. The van der Waals surface area contributed by atoms with E-state index in [2.05, 4.69) is 9.88 Å². The van der Waals surface area contributed by atoms with Crippen LogP contribution in [0.3, 0.4) is 0 Å². The lowest BCUT2D eigenvalue weighted by molar-refractivity contribution is -0.137. The summed E-state index contributed by atoms with van der Waals surface area (Å²) >= 11 is 0. The molecule has 0 saturated carbocycles. The number of fused-ring (bicyclic) bond motifs is 1. The maximum Gasteiger partial charge on any atom is 0.416 e. The van der Waals surface area contributed by atoms with E-state index < -0.39 is 23.5 Å². The lowest BCUT2D eigenvalue weighted by atomic mass is 10.0. The second-order valence-corrected chi connectivity index (χ2v) is 9.44. The van der Waals surface area contributed by atoms with Crippen molar-refractivity contribution in [1.82, 2.24) is 14.8 Å². The quantitative estimate of drug-likeness (QED) is 0.281. The average molecular weight is 510 g/mol. The molecule has 5 rings (SSSR count). The van der Waals surface area contributed by atoms with Gasteiger partial charge in [-0.2, -0.15) is 13.2 Å². The molecule has 4 nitrogen and oxygen atoms in total. The Hall–Kier alpha value is -3.65. The van der Waals surface area contributed by atoms with Crippen LogP contribution in [0.15, 0.2) is 72.9 Å². The molecule has 0 bridgehead atoms. The number of benzene rings is 3. The third kappa shape index (κ3) is 5.69. The van der Waals surface area contributed by atoms with E-state index in [-0.39, 0.29) is 12.1 Å². The first kappa shape index (κ1) is 25.0. The Morgan fingerprint density at radius 2 is 1.62 bits per heavy atom. The summed E-state index contributed by atoms with van der Waals surface area (Å²) in [5.41, 5.74) is 2.43. The van der Waals surface area contributed by atoms with Crippen molar-refractivity contribution in [2.24, 2.45) is 0 Å². The molecule has 4 aromatic rings. The molecule has 192 valence electrons. The fourth-order valence-corrected chi connectivity index (χ4v) is 4.82. The van der Waals surface area contributed by atoms with Crippen LogP contribution in [0.25, 0.3) is 22.0 Å². The fourth-order valence-electron chi connectivity index (χ4n) is 4.82. The van der Waals surface area contributed by atoms with Crippen molar-refractivity contribution >= 4 is 16.8 Å². The van der Waals surface area contributed by atoms with E-state index in [9.17, 15) is 22.4 Å². The Labute approximate surface area is 212 Å². The summed E-state index contributed by atoms with van der Waals surface area (Å²) in [7, 11) is 0. The number of nitrogens with one attached hydrogen (secondary N) is 1. The van der Waals surface area contributed by atoms with E-state index in [0.717, 1.165) is 60.1 Å². The van der Waals surface area contributed by atoms with Crippen LogP contribution in [0, 0.1) is 5.82 Å². The third-order valence-corrected chi connectivity index (χ3v) is 6.92. The summed E-state index contributed by atoms with van der Waals surface area (Å²) in [6.45, 7) is 2.86. The number of aromatic nitrogens is 1. The summed E-state index contributed by atoms with van der Waals surface area (Å²) < 4.78 is 54.0. The summed E-state index contributed by atoms with van der Waals surface area (Å²) in [4.78, 5) is 20.3. The zero-order valence-electron chi connectivity index (χ0n) is 20.2. The largest absolute Gasteiger partial charge is 0.416 e. The highest BCUT2D eigenvalue weighted by Crippen LogP contribution is 2.30. The lowest BCUT2D eigenvalue weighted by Crippen LogP contribution is -2.37. The molecule has 1 fully saturated rings. The predicted octanol–water partition coefficient (Wildman–Crippen LogP) is 6.73. The highest BCUT2D eigenvalue weighted by atomic mass is 19.4. The molecule has 1 N–H and O–H groups in total. The standard InChI is InChI=1S/C29H27F4N3O/c30-26-9-5-21(22-6-10-27-23(17-22)11-12-34-27)18-24(26)19-36(16-15-35-13-1-2-14-35)28(37)20-3-7-25(8-4-20)29(31,32)33/h3-12,17-18,34H,1-2,13-16,19H2. The van der Waals surface area contributed by atoms with Gasteiger partial charge in [-0.05, 0) is 97.0 Å². The number of halogens is 4. The SMILES string of the molecule is O=C(c1ccc(C(F)(F)F)cc1)N(CCN1CCCC1)Cc1cc(-c2ccc3[nH]ccc3c2)ccc1F. The molecular weight excluding hydrogens is 482 g/mol. The third-order valence-electron chi connectivity index (χ3n) is 6.92. The Morgan fingerprint density at radius 1 is 0.919 bits per heavy atom. The van der Waals surface area contributed by atoms with Crippen LogP contribution in [0.2, 0.25) is 0 Å². The van der Waals surface area contributed by atoms with Gasteiger partial charge in [0.05, 0.1) is 5.56 Å². The average Bonchev–Trinajstić information content (AvgIpc) is 3.58. The van der Waals surface area contributed by atoms with Gasteiger partial charge < -0.3 is 14.8 Å². The monoisotopic (exact) mass is 509 g/mol. The molecule has 37 heavy (non-hydrogen) atoms. The maximum atomic E-state index is 15.0. The van der Waals surface area contributed by atoms with Crippen molar-refractivity contribution in [3.8, 4) is 11.1 Å². The Bertz CT molecular complexity index is 1390. The molecule has 1 aliphatic rings. The van der Waals surface area contributed by atoms with Crippen LogP contribution < -0.4 is 0 Å². The number of carbonyl (C=O) groups is 1. The molecule has 0 aliphatic carbocycles. The van der Waals surface area contributed by atoms with Gasteiger partial charge in [0.25, 0.3) is 5.91 Å². The van der Waals surface area contributed by atoms with E-state index in [1.54, 1.807) is 12.1 Å². The van der Waals surface area contributed by atoms with E-state index in [1.807, 2.05) is 30.5 Å². The molecule has 1 amide bonds. The molecule has 1 aliphatic heterocycles. The predicted molar refractivity (Wildman–Crippen MR) is 136 cm³/mol. The van der Waals surface area contributed by atoms with E-state index >= 15 is 0 Å². The number of H-pyrrole nitrogens is 1. The number of nitrogens with zero attached hydrogens (tertiary/aromatic N) is 2. The van der Waals surface area contributed by atoms with Crippen molar-refractivity contribution in [2.45, 2.75) is 25.6 Å². The lowest BCUT2D eigenvalue weighted by Gasteiger charge is -2.26. The number of hydrogen-bond donors (Lipinski definition) is 1. The Morgan fingerprint density at radius 3 is 2.35 bits per heavy atom. The molecule has 2 heterocycles. The second-order valence-electron chi connectivity index (χ2n) is 9.44. The summed E-state index contributed by atoms with van der Waals surface area (Å²) in [6, 6.07) is 16.9. The number of amides is 1. The van der Waals surface area contributed by atoms with Gasteiger partial charge in [0.15, 0.2) is 0 Å². The molecule has 8 heteroatoms. The zero-order valence-corrected chi connectivity index (χ0v) is 20.2. The van der Waals surface area contributed by atoms with Crippen molar-refractivity contribution < 1.29 is 22.4 Å². The van der Waals surface area contributed by atoms with Crippen molar-refractivity contribution in [2.75, 3.05) is 26.2 Å². The normalized spacial score (nSPS) is 14.4. The number of likely N-dealkylation sites (tertiary alicyclic amines) is 1. The smallest absolute Gasteiger partial charge is 0.361 e. The van der Waals surface area contributed by atoms with E-state index in [0.29, 0.717) is 18.7 Å². The molecular formula is C29H27F4N3O. The molecule has 0 spiro atoms. The van der Waals surface area contributed by atoms with Crippen molar-refractivity contribution in [1.29, 1.82) is 0 Å². The Balaban J connectivity index is 1.41. The van der Waals surface area contributed by atoms with Crippen LogP contribution in [0.1, 0.15) is 34.3 Å². The highest BCUT2D eigenvalue weighted by Gasteiger charge is 2.30. The first-order valence-electron chi connectivity index (χ1n) is 12.3. The fraction of sp³-hybridized carbons (Fsp3) is 0.276. The number of aromatic amines is 1. The molecule has 3 aromatic carbocycles. The van der Waals surface area contributed by atoms with Gasteiger partial charge in [-0.25, -0.2) is 4.39 Å². The van der Waals surface area contributed by atoms with Crippen LogP contribution in [0.5, 0.6) is 0 Å². The number of carbonyl (C=O) groups excluding carboxylic acids is 1. The summed E-state index contributed by atoms with van der Waals surface area (Å²) in [5, 5.41) is 1.04. The number of rotatable bonds is 7. The van der Waals surface area contributed by atoms with Crippen LogP contribution in [-0.4, -0.2) is 46.9 Å². The van der Waals surface area contributed by atoms with Gasteiger partial charge >= 0.3 is 6.18 Å². The first-order chi connectivity index (χ1) is 17.8. The molecule has 1 saturated heterocycles. The summed E-state index contributed by atoms with van der Waals surface area (Å²) in [5.74, 6) is -0.857. The first-order valence-corrected chi connectivity index (χ1v) is 12.3. The van der Waals surface area contributed by atoms with Crippen LogP contribution in [-0.2, 0) is 12.7 Å². The van der Waals surface area contributed by atoms with Gasteiger partial charge in [-0.15, -0.1) is 0 Å². The van der Waals surface area contributed by atoms with Crippen LogP contribution >= 0.6 is 0 Å². The number of alkyl halides is 3. The second kappa shape index (κ2) is 10.4. The van der Waals surface area contributed by atoms with Crippen molar-refractivity contribution in [3.63, 3.8) is 0 Å².